The zero-order valence-electron chi connectivity index (χ0n) is 12.0. The summed E-state index contributed by atoms with van der Waals surface area (Å²) in [6, 6.07) is 8.15. The Kier molecular flexibility index (Phi) is 4.36. The number of guanidine groups is 1. The molecule has 0 radical (unpaired) electrons. The second-order valence-corrected chi connectivity index (χ2v) is 6.67. The van der Waals surface area contributed by atoms with Crippen molar-refractivity contribution in [2.75, 3.05) is 7.05 Å². The predicted octanol–water partition coefficient (Wildman–Crippen LogP) is 2.92. The second-order valence-electron chi connectivity index (χ2n) is 5.42. The van der Waals surface area contributed by atoms with Gasteiger partial charge in [0.2, 0.25) is 5.91 Å². The fraction of sp³-hybridized carbons (Fsp3) is 0.467. The average molecular weight is 385 g/mol. The summed E-state index contributed by atoms with van der Waals surface area (Å²) >= 11 is 2.27. The molecule has 20 heavy (non-hydrogen) atoms. The van der Waals surface area contributed by atoms with Crippen LogP contribution in [0.1, 0.15) is 32.3 Å². The van der Waals surface area contributed by atoms with Crippen molar-refractivity contribution in [2.45, 2.75) is 32.2 Å². The van der Waals surface area contributed by atoms with Crippen molar-refractivity contribution >= 4 is 34.5 Å². The molecule has 0 bridgehead atoms. The van der Waals surface area contributed by atoms with Gasteiger partial charge in [-0.3, -0.25) is 15.1 Å². The highest BCUT2D eigenvalue weighted by Crippen LogP contribution is 2.37. The molecule has 0 aliphatic carbocycles. The number of amides is 1. The van der Waals surface area contributed by atoms with Crippen molar-refractivity contribution in [3.63, 3.8) is 0 Å². The van der Waals surface area contributed by atoms with Gasteiger partial charge in [-0.2, -0.15) is 0 Å². The summed E-state index contributed by atoms with van der Waals surface area (Å²) in [5.41, 5.74) is 0.548. The van der Waals surface area contributed by atoms with E-state index in [0.29, 0.717) is 0 Å². The number of benzene rings is 1. The molecule has 1 aliphatic heterocycles. The molecule has 1 heterocycles. The first-order valence-corrected chi connectivity index (χ1v) is 7.88. The van der Waals surface area contributed by atoms with Crippen molar-refractivity contribution in [3.8, 4) is 0 Å². The van der Waals surface area contributed by atoms with Crippen LogP contribution in [0.25, 0.3) is 0 Å². The van der Waals surface area contributed by atoms with Gasteiger partial charge in [-0.1, -0.05) is 25.5 Å². The molecule has 2 rings (SSSR count). The third-order valence-electron chi connectivity index (χ3n) is 4.04. The average Bonchev–Trinajstić information content (AvgIpc) is 2.41. The maximum absolute atomic E-state index is 12.5. The highest BCUT2D eigenvalue weighted by molar-refractivity contribution is 14.1. The normalized spacial score (nSPS) is 26.6. The smallest absolute Gasteiger partial charge is 0.234 e. The summed E-state index contributed by atoms with van der Waals surface area (Å²) < 4.78 is 1.14. The molecule has 108 valence electrons. The Morgan fingerprint density at radius 2 is 2.20 bits per heavy atom. The fourth-order valence-corrected chi connectivity index (χ4v) is 3.34. The van der Waals surface area contributed by atoms with E-state index in [0.717, 1.165) is 22.0 Å². The summed E-state index contributed by atoms with van der Waals surface area (Å²) in [5, 5.41) is 11.2. The zero-order valence-corrected chi connectivity index (χ0v) is 14.2. The van der Waals surface area contributed by atoms with E-state index in [9.17, 15) is 4.79 Å². The van der Waals surface area contributed by atoms with Gasteiger partial charge in [-0.25, -0.2) is 0 Å². The van der Waals surface area contributed by atoms with Crippen molar-refractivity contribution in [2.24, 2.45) is 5.92 Å². The minimum Gasteiger partial charge on any atom is -0.346 e. The lowest BCUT2D eigenvalue weighted by molar-refractivity contribution is -0.135. The Morgan fingerprint density at radius 3 is 2.80 bits per heavy atom. The van der Waals surface area contributed by atoms with Gasteiger partial charge in [-0.15, -0.1) is 0 Å². The molecule has 1 unspecified atom stereocenters. The van der Waals surface area contributed by atoms with Crippen molar-refractivity contribution in [1.82, 2.24) is 10.2 Å². The molecule has 0 aromatic heterocycles. The molecule has 5 heteroatoms. The van der Waals surface area contributed by atoms with Crippen LogP contribution in [0, 0.1) is 14.9 Å². The van der Waals surface area contributed by atoms with E-state index in [-0.39, 0.29) is 17.8 Å². The lowest BCUT2D eigenvalue weighted by Gasteiger charge is -2.45. The van der Waals surface area contributed by atoms with Crippen molar-refractivity contribution in [1.29, 1.82) is 5.41 Å². The van der Waals surface area contributed by atoms with Crippen LogP contribution in [-0.4, -0.2) is 23.8 Å². The summed E-state index contributed by atoms with van der Waals surface area (Å²) in [5.74, 6) is 0.0467. The maximum atomic E-state index is 12.5. The van der Waals surface area contributed by atoms with Crippen LogP contribution in [0.3, 0.4) is 0 Å². The van der Waals surface area contributed by atoms with Crippen LogP contribution in [0.2, 0.25) is 0 Å². The molecular weight excluding hydrogens is 365 g/mol. The van der Waals surface area contributed by atoms with Gasteiger partial charge in [0.1, 0.15) is 0 Å². The summed E-state index contributed by atoms with van der Waals surface area (Å²) in [6.07, 6.45) is 1.75. The molecule has 4 nitrogen and oxygen atoms in total. The number of halogens is 1. The predicted molar refractivity (Wildman–Crippen MR) is 88.5 cm³/mol. The monoisotopic (exact) mass is 385 g/mol. The topological polar surface area (TPSA) is 56.2 Å². The number of hydrogen-bond donors (Lipinski definition) is 2. The molecule has 0 spiro atoms. The number of hydrogen-bond acceptors (Lipinski definition) is 2. The van der Waals surface area contributed by atoms with Crippen LogP contribution in [0.15, 0.2) is 24.3 Å². The first kappa shape index (κ1) is 15.3. The maximum Gasteiger partial charge on any atom is 0.234 e. The summed E-state index contributed by atoms with van der Waals surface area (Å²) in [6.45, 7) is 4.11. The Labute approximate surface area is 133 Å². The SMILES string of the molecule is CCCC1C(=O)N(C)C(=N)N[C@]1(C)c1cccc(I)c1. The fourth-order valence-electron chi connectivity index (χ4n) is 2.79. The van der Waals surface area contributed by atoms with Gasteiger partial charge in [0.15, 0.2) is 5.96 Å². The van der Waals surface area contributed by atoms with Crippen LogP contribution in [0.4, 0.5) is 0 Å². The van der Waals surface area contributed by atoms with Crippen LogP contribution < -0.4 is 5.32 Å². The molecule has 1 amide bonds. The molecule has 1 aromatic carbocycles. The van der Waals surface area contributed by atoms with Crippen LogP contribution in [-0.2, 0) is 10.3 Å². The van der Waals surface area contributed by atoms with Gasteiger partial charge < -0.3 is 5.32 Å². The van der Waals surface area contributed by atoms with Crippen molar-refractivity contribution < 1.29 is 4.79 Å². The largest absolute Gasteiger partial charge is 0.346 e. The zero-order chi connectivity index (χ0) is 14.9. The number of carbonyl (C=O) groups excluding carboxylic acids is 1. The van der Waals surface area contributed by atoms with E-state index in [1.165, 1.54) is 4.90 Å². The molecule has 1 fully saturated rings. The van der Waals surface area contributed by atoms with E-state index in [4.69, 9.17) is 5.41 Å². The summed E-state index contributed by atoms with van der Waals surface area (Å²) in [7, 11) is 1.66. The Morgan fingerprint density at radius 1 is 1.50 bits per heavy atom. The van der Waals surface area contributed by atoms with E-state index in [2.05, 4.69) is 40.9 Å². The van der Waals surface area contributed by atoms with Gasteiger partial charge in [0, 0.05) is 10.6 Å². The Balaban J connectivity index is 2.49. The van der Waals surface area contributed by atoms with Gasteiger partial charge in [0.25, 0.3) is 0 Å². The van der Waals surface area contributed by atoms with Gasteiger partial charge >= 0.3 is 0 Å². The third kappa shape index (κ3) is 2.55. The van der Waals surface area contributed by atoms with Crippen LogP contribution in [0.5, 0.6) is 0 Å². The molecule has 0 saturated carbocycles. The van der Waals surface area contributed by atoms with Gasteiger partial charge in [-0.05, 0) is 53.6 Å². The highest BCUT2D eigenvalue weighted by atomic mass is 127. The lowest BCUT2D eigenvalue weighted by Crippen LogP contribution is -2.63. The lowest BCUT2D eigenvalue weighted by atomic mass is 9.75. The molecule has 1 aromatic rings. The Bertz CT molecular complexity index is 546. The van der Waals surface area contributed by atoms with E-state index >= 15 is 0 Å². The first-order valence-electron chi connectivity index (χ1n) is 6.80. The molecular formula is C15H20IN3O. The number of carbonyl (C=O) groups is 1. The van der Waals surface area contributed by atoms with E-state index in [1.807, 2.05) is 25.1 Å². The standard InChI is InChI=1S/C15H20IN3O/c1-4-6-12-13(20)19(3)14(17)18-15(12,2)10-7-5-8-11(16)9-10/h5,7-9,12H,4,6H2,1-3H3,(H2,17,18)/t12?,15-/m1/s1. The third-order valence-corrected chi connectivity index (χ3v) is 4.71. The van der Waals surface area contributed by atoms with Crippen molar-refractivity contribution in [3.05, 3.63) is 33.4 Å². The number of nitrogens with zero attached hydrogens (tertiary/aromatic N) is 1. The number of nitrogens with one attached hydrogen (secondary N) is 2. The quantitative estimate of drug-likeness (QED) is 0.787. The minimum atomic E-state index is -0.516. The molecule has 2 atom stereocenters. The van der Waals surface area contributed by atoms with Gasteiger partial charge in [0.05, 0.1) is 11.5 Å². The first-order chi connectivity index (χ1) is 9.40. The second kappa shape index (κ2) is 5.71. The van der Waals surface area contributed by atoms with E-state index < -0.39 is 5.54 Å². The minimum absolute atomic E-state index is 0.0250. The molecule has 1 saturated heterocycles. The van der Waals surface area contributed by atoms with E-state index in [1.54, 1.807) is 7.05 Å². The van der Waals surface area contributed by atoms with Crippen LogP contribution >= 0.6 is 22.6 Å². The molecule has 1 aliphatic rings. The highest BCUT2D eigenvalue weighted by Gasteiger charge is 2.46. The number of rotatable bonds is 3. The molecule has 2 N–H and O–H groups in total. The summed E-state index contributed by atoms with van der Waals surface area (Å²) in [4.78, 5) is 14.0. The Hall–Kier alpha value is -1.11.